The Balaban J connectivity index is 2.61. The molecule has 0 saturated carbocycles. The van der Waals surface area contributed by atoms with Crippen LogP contribution >= 0.6 is 0 Å². The highest BCUT2D eigenvalue weighted by molar-refractivity contribution is 5.75. The van der Waals surface area contributed by atoms with Gasteiger partial charge in [0.15, 0.2) is 0 Å². The molecule has 0 N–H and O–H groups in total. The fourth-order valence-electron chi connectivity index (χ4n) is 1.69. The number of pyridine rings is 1. The third kappa shape index (κ3) is 2.26. The molecule has 1 aromatic carbocycles. The fraction of sp³-hybridized carbons (Fsp3) is 0.143. The van der Waals surface area contributed by atoms with E-state index in [-0.39, 0.29) is 0 Å². The van der Waals surface area contributed by atoms with Crippen LogP contribution in [0.25, 0.3) is 11.1 Å². The standard InChI is InChI=1S/C14H12N2O/c1-2-17-13-10-16-9-12(8-15)14(13)11-6-4-3-5-7-11/h3-7,9-10H,2H2,1H3. The number of hydrogen-bond donors (Lipinski definition) is 0. The van der Waals surface area contributed by atoms with Crippen LogP contribution in [0.2, 0.25) is 0 Å². The van der Waals surface area contributed by atoms with Crippen LogP contribution in [0.1, 0.15) is 12.5 Å². The number of ether oxygens (including phenoxy) is 1. The Morgan fingerprint density at radius 3 is 2.65 bits per heavy atom. The van der Waals surface area contributed by atoms with Gasteiger partial charge in [-0.25, -0.2) is 0 Å². The second kappa shape index (κ2) is 5.13. The Kier molecular flexibility index (Phi) is 3.37. The molecule has 0 aliphatic heterocycles. The summed E-state index contributed by atoms with van der Waals surface area (Å²) in [6, 6.07) is 11.9. The molecule has 84 valence electrons. The average Bonchev–Trinajstić information content (AvgIpc) is 2.40. The zero-order chi connectivity index (χ0) is 12.1. The molecule has 0 amide bonds. The maximum absolute atomic E-state index is 9.13. The second-order valence-corrected chi connectivity index (χ2v) is 3.47. The van der Waals surface area contributed by atoms with E-state index in [1.54, 1.807) is 12.4 Å². The maximum atomic E-state index is 9.13. The third-order valence-corrected chi connectivity index (χ3v) is 2.39. The van der Waals surface area contributed by atoms with E-state index in [9.17, 15) is 0 Å². The summed E-state index contributed by atoms with van der Waals surface area (Å²) in [4.78, 5) is 4.01. The molecular weight excluding hydrogens is 212 g/mol. The van der Waals surface area contributed by atoms with Gasteiger partial charge in [0, 0.05) is 11.8 Å². The van der Waals surface area contributed by atoms with Gasteiger partial charge in [0.25, 0.3) is 0 Å². The molecule has 1 heterocycles. The fourth-order valence-corrected chi connectivity index (χ4v) is 1.69. The lowest BCUT2D eigenvalue weighted by Crippen LogP contribution is -1.97. The first kappa shape index (κ1) is 11.2. The SMILES string of the molecule is CCOc1cncc(C#N)c1-c1ccccc1. The molecule has 1 aromatic heterocycles. The summed E-state index contributed by atoms with van der Waals surface area (Å²) >= 11 is 0. The lowest BCUT2D eigenvalue weighted by atomic mass is 10.0. The normalized spacial score (nSPS) is 9.65. The highest BCUT2D eigenvalue weighted by atomic mass is 16.5. The first-order chi connectivity index (χ1) is 8.36. The number of rotatable bonds is 3. The Morgan fingerprint density at radius 2 is 2.00 bits per heavy atom. The van der Waals surface area contributed by atoms with Crippen molar-refractivity contribution in [3.8, 4) is 22.9 Å². The summed E-state index contributed by atoms with van der Waals surface area (Å²) < 4.78 is 5.52. The van der Waals surface area contributed by atoms with Crippen molar-refractivity contribution in [2.45, 2.75) is 6.92 Å². The Bertz CT molecular complexity index is 544. The van der Waals surface area contributed by atoms with Crippen molar-refractivity contribution in [3.63, 3.8) is 0 Å². The van der Waals surface area contributed by atoms with E-state index in [2.05, 4.69) is 11.1 Å². The van der Waals surface area contributed by atoms with Gasteiger partial charge >= 0.3 is 0 Å². The minimum atomic E-state index is 0.530. The van der Waals surface area contributed by atoms with Crippen molar-refractivity contribution in [1.29, 1.82) is 5.26 Å². The summed E-state index contributed by atoms with van der Waals surface area (Å²) in [6.45, 7) is 2.46. The van der Waals surface area contributed by atoms with E-state index in [0.29, 0.717) is 17.9 Å². The van der Waals surface area contributed by atoms with Gasteiger partial charge in [0.1, 0.15) is 11.8 Å². The van der Waals surface area contributed by atoms with Crippen molar-refractivity contribution >= 4 is 0 Å². The number of hydrogen-bond acceptors (Lipinski definition) is 3. The van der Waals surface area contributed by atoms with Gasteiger partial charge in [-0.05, 0) is 12.5 Å². The highest BCUT2D eigenvalue weighted by Crippen LogP contribution is 2.32. The lowest BCUT2D eigenvalue weighted by Gasteiger charge is -2.10. The summed E-state index contributed by atoms with van der Waals surface area (Å²) in [5.74, 6) is 0.651. The maximum Gasteiger partial charge on any atom is 0.146 e. The van der Waals surface area contributed by atoms with Crippen LogP contribution in [0.5, 0.6) is 5.75 Å². The van der Waals surface area contributed by atoms with E-state index in [1.165, 1.54) is 0 Å². The first-order valence-corrected chi connectivity index (χ1v) is 5.43. The molecule has 17 heavy (non-hydrogen) atoms. The molecule has 0 unspecified atom stereocenters. The lowest BCUT2D eigenvalue weighted by molar-refractivity contribution is 0.340. The van der Waals surface area contributed by atoms with E-state index in [0.717, 1.165) is 11.1 Å². The van der Waals surface area contributed by atoms with Crippen molar-refractivity contribution < 1.29 is 4.74 Å². The second-order valence-electron chi connectivity index (χ2n) is 3.47. The zero-order valence-corrected chi connectivity index (χ0v) is 9.55. The van der Waals surface area contributed by atoms with Crippen molar-refractivity contribution in [3.05, 3.63) is 48.3 Å². The molecule has 0 bridgehead atoms. The molecule has 0 fully saturated rings. The van der Waals surface area contributed by atoms with E-state index < -0.39 is 0 Å². The molecule has 0 atom stereocenters. The van der Waals surface area contributed by atoms with Crippen molar-refractivity contribution in [2.75, 3.05) is 6.61 Å². The van der Waals surface area contributed by atoms with Gasteiger partial charge in [-0.2, -0.15) is 5.26 Å². The number of nitriles is 1. The monoisotopic (exact) mass is 224 g/mol. The minimum absolute atomic E-state index is 0.530. The molecule has 2 aromatic rings. The predicted octanol–water partition coefficient (Wildman–Crippen LogP) is 3.02. The van der Waals surface area contributed by atoms with E-state index in [1.807, 2.05) is 37.3 Å². The smallest absolute Gasteiger partial charge is 0.146 e. The van der Waals surface area contributed by atoms with Crippen LogP contribution < -0.4 is 4.74 Å². The van der Waals surface area contributed by atoms with Gasteiger partial charge in [-0.1, -0.05) is 30.3 Å². The molecule has 0 aliphatic carbocycles. The summed E-state index contributed by atoms with van der Waals surface area (Å²) in [6.07, 6.45) is 3.21. The van der Waals surface area contributed by atoms with E-state index >= 15 is 0 Å². The molecule has 0 aliphatic rings. The van der Waals surface area contributed by atoms with Gasteiger partial charge in [-0.3, -0.25) is 4.98 Å². The van der Waals surface area contributed by atoms with Crippen LogP contribution in [-0.2, 0) is 0 Å². The first-order valence-electron chi connectivity index (χ1n) is 5.43. The molecule has 0 saturated heterocycles. The number of aromatic nitrogens is 1. The number of nitrogens with zero attached hydrogens (tertiary/aromatic N) is 2. The molecule has 3 heteroatoms. The third-order valence-electron chi connectivity index (χ3n) is 2.39. The largest absolute Gasteiger partial charge is 0.492 e. The van der Waals surface area contributed by atoms with Crippen LogP contribution in [0, 0.1) is 11.3 Å². The van der Waals surface area contributed by atoms with Gasteiger partial charge in [0.2, 0.25) is 0 Å². The summed E-state index contributed by atoms with van der Waals surface area (Å²) in [5, 5.41) is 9.13. The Morgan fingerprint density at radius 1 is 1.24 bits per heavy atom. The average molecular weight is 224 g/mol. The molecule has 0 spiro atoms. The van der Waals surface area contributed by atoms with Crippen LogP contribution in [-0.4, -0.2) is 11.6 Å². The zero-order valence-electron chi connectivity index (χ0n) is 9.55. The van der Waals surface area contributed by atoms with Gasteiger partial charge in [0.05, 0.1) is 18.4 Å². The van der Waals surface area contributed by atoms with Crippen LogP contribution in [0.15, 0.2) is 42.7 Å². The Labute approximate surface area is 100 Å². The van der Waals surface area contributed by atoms with Crippen LogP contribution in [0.4, 0.5) is 0 Å². The number of benzene rings is 1. The van der Waals surface area contributed by atoms with Crippen molar-refractivity contribution in [2.24, 2.45) is 0 Å². The van der Waals surface area contributed by atoms with Crippen molar-refractivity contribution in [1.82, 2.24) is 4.98 Å². The molecular formula is C14H12N2O. The topological polar surface area (TPSA) is 45.9 Å². The summed E-state index contributed by atoms with van der Waals surface area (Å²) in [5.41, 5.74) is 2.31. The van der Waals surface area contributed by atoms with Crippen LogP contribution in [0.3, 0.4) is 0 Å². The summed E-state index contributed by atoms with van der Waals surface area (Å²) in [7, 11) is 0. The van der Waals surface area contributed by atoms with E-state index in [4.69, 9.17) is 10.00 Å². The molecule has 3 nitrogen and oxygen atoms in total. The minimum Gasteiger partial charge on any atom is -0.492 e. The highest BCUT2D eigenvalue weighted by Gasteiger charge is 2.11. The Hall–Kier alpha value is -2.34. The predicted molar refractivity (Wildman–Crippen MR) is 65.6 cm³/mol. The van der Waals surface area contributed by atoms with Gasteiger partial charge in [-0.15, -0.1) is 0 Å². The quantitative estimate of drug-likeness (QED) is 0.805. The molecule has 0 radical (unpaired) electrons. The van der Waals surface area contributed by atoms with Gasteiger partial charge < -0.3 is 4.74 Å². The molecule has 2 rings (SSSR count).